The Labute approximate surface area is 166 Å². The number of nitrogens with two attached hydrogens (primary N) is 1. The topological polar surface area (TPSA) is 59.2 Å². The Morgan fingerprint density at radius 3 is 2.76 bits per heavy atom. The first-order chi connectivity index (χ1) is 11.5. The predicted octanol–water partition coefficient (Wildman–Crippen LogP) is 4.35. The molecule has 1 amide bonds. The summed E-state index contributed by atoms with van der Waals surface area (Å²) in [6.45, 7) is 1.56. The lowest BCUT2D eigenvalue weighted by molar-refractivity contribution is 0.0774. The highest BCUT2D eigenvalue weighted by molar-refractivity contribution is 7.13. The molecular formula is C17H18Cl3N3OS. The fraction of sp³-hybridized carbons (Fsp3) is 0.412. The van der Waals surface area contributed by atoms with Crippen molar-refractivity contribution < 1.29 is 4.79 Å². The van der Waals surface area contributed by atoms with E-state index in [-0.39, 0.29) is 24.4 Å². The summed E-state index contributed by atoms with van der Waals surface area (Å²) in [7, 11) is 0. The van der Waals surface area contributed by atoms with Crippen LogP contribution in [0.4, 0.5) is 0 Å². The number of nitrogens with zero attached hydrogens (tertiary/aromatic N) is 2. The molecule has 8 heteroatoms. The van der Waals surface area contributed by atoms with E-state index in [1.54, 1.807) is 12.1 Å². The summed E-state index contributed by atoms with van der Waals surface area (Å²) in [5.74, 6) is 0.999. The van der Waals surface area contributed by atoms with Gasteiger partial charge >= 0.3 is 0 Å². The van der Waals surface area contributed by atoms with Gasteiger partial charge in [-0.1, -0.05) is 29.3 Å². The van der Waals surface area contributed by atoms with Crippen molar-refractivity contribution in [3.63, 3.8) is 0 Å². The fourth-order valence-corrected chi connectivity index (χ4v) is 4.86. The molecule has 2 aromatic rings. The molecule has 4 rings (SSSR count). The van der Waals surface area contributed by atoms with Gasteiger partial charge in [0.1, 0.15) is 10.7 Å². The molecule has 1 aliphatic carbocycles. The lowest BCUT2D eigenvalue weighted by Gasteiger charge is -2.17. The molecule has 134 valence electrons. The van der Waals surface area contributed by atoms with E-state index in [4.69, 9.17) is 28.9 Å². The molecule has 2 N–H and O–H groups in total. The molecule has 1 aliphatic heterocycles. The van der Waals surface area contributed by atoms with E-state index in [9.17, 15) is 4.79 Å². The van der Waals surface area contributed by atoms with Crippen LogP contribution in [0.1, 0.15) is 23.3 Å². The first-order valence-electron chi connectivity index (χ1n) is 7.98. The predicted molar refractivity (Wildman–Crippen MR) is 105 cm³/mol. The van der Waals surface area contributed by atoms with Crippen molar-refractivity contribution in [2.75, 3.05) is 13.1 Å². The quantitative estimate of drug-likeness (QED) is 0.789. The van der Waals surface area contributed by atoms with E-state index in [1.807, 2.05) is 16.3 Å². The van der Waals surface area contributed by atoms with E-state index in [0.717, 1.165) is 36.5 Å². The SMILES string of the molecule is Cl.NC1CCC2CN(C(=O)c3csc(-c4ccc(Cl)c(Cl)c4)n3)CC12. The number of halogens is 3. The van der Waals surface area contributed by atoms with Crippen molar-refractivity contribution in [3.05, 3.63) is 39.3 Å². The van der Waals surface area contributed by atoms with E-state index in [1.165, 1.54) is 11.3 Å². The summed E-state index contributed by atoms with van der Waals surface area (Å²) >= 11 is 13.5. The van der Waals surface area contributed by atoms with E-state index in [2.05, 4.69) is 4.98 Å². The second-order valence-corrected chi connectivity index (χ2v) is 8.21. The molecule has 2 heterocycles. The largest absolute Gasteiger partial charge is 0.337 e. The Morgan fingerprint density at radius 2 is 2.04 bits per heavy atom. The van der Waals surface area contributed by atoms with Crippen LogP contribution in [0.2, 0.25) is 10.0 Å². The van der Waals surface area contributed by atoms with Gasteiger partial charge in [-0.3, -0.25) is 4.79 Å². The van der Waals surface area contributed by atoms with Crippen molar-refractivity contribution in [2.45, 2.75) is 18.9 Å². The third kappa shape index (κ3) is 3.53. The Balaban J connectivity index is 0.00000182. The molecule has 0 spiro atoms. The number of amides is 1. The van der Waals surface area contributed by atoms with Gasteiger partial charge in [-0.15, -0.1) is 23.7 Å². The zero-order valence-corrected chi connectivity index (χ0v) is 16.5. The summed E-state index contributed by atoms with van der Waals surface area (Å²) in [6.07, 6.45) is 2.21. The average molecular weight is 419 g/mol. The second kappa shape index (κ2) is 7.41. The number of fused-ring (bicyclic) bond motifs is 1. The van der Waals surface area contributed by atoms with Gasteiger partial charge in [-0.25, -0.2) is 4.98 Å². The van der Waals surface area contributed by atoms with Crippen LogP contribution in [0.3, 0.4) is 0 Å². The maximum absolute atomic E-state index is 12.7. The van der Waals surface area contributed by atoms with Crippen LogP contribution >= 0.6 is 46.9 Å². The Kier molecular flexibility index (Phi) is 5.61. The average Bonchev–Trinajstić information content (AvgIpc) is 3.27. The Morgan fingerprint density at radius 1 is 1.24 bits per heavy atom. The Bertz CT molecular complexity index is 797. The first-order valence-corrected chi connectivity index (χ1v) is 9.62. The Hall–Kier alpha value is -0.850. The highest BCUT2D eigenvalue weighted by atomic mass is 35.5. The van der Waals surface area contributed by atoms with Crippen LogP contribution in [0, 0.1) is 11.8 Å². The van der Waals surface area contributed by atoms with Gasteiger partial charge in [0, 0.05) is 30.1 Å². The standard InChI is InChI=1S/C17H17Cl2N3OS.ClH/c18-12-3-1-9(5-13(12)19)16-21-15(8-24-16)17(23)22-6-10-2-4-14(20)11(10)7-22;/h1,3,5,8,10-11,14H,2,4,6-7,20H2;1H. The van der Waals surface area contributed by atoms with Crippen LogP contribution in [0.5, 0.6) is 0 Å². The van der Waals surface area contributed by atoms with Gasteiger partial charge in [0.15, 0.2) is 0 Å². The van der Waals surface area contributed by atoms with Gasteiger partial charge in [-0.2, -0.15) is 0 Å². The molecule has 3 atom stereocenters. The second-order valence-electron chi connectivity index (χ2n) is 6.54. The number of thiazole rings is 1. The summed E-state index contributed by atoms with van der Waals surface area (Å²) in [5.41, 5.74) is 7.52. The molecular weight excluding hydrogens is 401 g/mol. The monoisotopic (exact) mass is 417 g/mol. The van der Waals surface area contributed by atoms with Gasteiger partial charge in [0.05, 0.1) is 10.0 Å². The van der Waals surface area contributed by atoms with Crippen molar-refractivity contribution in [1.82, 2.24) is 9.88 Å². The highest BCUT2D eigenvalue weighted by Crippen LogP contribution is 2.38. The van der Waals surface area contributed by atoms with E-state index >= 15 is 0 Å². The summed E-state index contributed by atoms with van der Waals surface area (Å²) in [5, 5.41) is 3.58. The van der Waals surface area contributed by atoms with Crippen LogP contribution < -0.4 is 5.73 Å². The van der Waals surface area contributed by atoms with Crippen LogP contribution in [-0.2, 0) is 0 Å². The molecule has 1 aromatic heterocycles. The molecule has 4 nitrogen and oxygen atoms in total. The molecule has 0 radical (unpaired) electrons. The van der Waals surface area contributed by atoms with Gasteiger partial charge < -0.3 is 10.6 Å². The zero-order chi connectivity index (χ0) is 16.8. The number of carbonyl (C=O) groups excluding carboxylic acids is 1. The molecule has 1 saturated heterocycles. The lowest BCUT2D eigenvalue weighted by Crippen LogP contribution is -2.33. The molecule has 25 heavy (non-hydrogen) atoms. The number of rotatable bonds is 2. The first kappa shape index (κ1) is 18.9. The molecule has 1 aromatic carbocycles. The molecule has 3 unspecified atom stereocenters. The third-order valence-corrected chi connectivity index (χ3v) is 6.72. The van der Waals surface area contributed by atoms with Crippen molar-refractivity contribution in [2.24, 2.45) is 17.6 Å². The van der Waals surface area contributed by atoms with Crippen LogP contribution in [0.15, 0.2) is 23.6 Å². The number of carbonyl (C=O) groups is 1. The van der Waals surface area contributed by atoms with Gasteiger partial charge in [-0.05, 0) is 36.8 Å². The highest BCUT2D eigenvalue weighted by Gasteiger charge is 2.42. The minimum atomic E-state index is -0.000777. The van der Waals surface area contributed by atoms with Gasteiger partial charge in [0.2, 0.25) is 0 Å². The molecule has 1 saturated carbocycles. The minimum Gasteiger partial charge on any atom is -0.337 e. The zero-order valence-electron chi connectivity index (χ0n) is 13.3. The fourth-order valence-electron chi connectivity index (χ4n) is 3.77. The maximum Gasteiger partial charge on any atom is 0.273 e. The number of aromatic nitrogens is 1. The third-order valence-electron chi connectivity index (χ3n) is 5.09. The summed E-state index contributed by atoms with van der Waals surface area (Å²) < 4.78 is 0. The van der Waals surface area contributed by atoms with E-state index < -0.39 is 0 Å². The smallest absolute Gasteiger partial charge is 0.273 e. The lowest BCUT2D eigenvalue weighted by atomic mass is 9.98. The number of hydrogen-bond donors (Lipinski definition) is 1. The minimum absolute atomic E-state index is 0. The number of hydrogen-bond acceptors (Lipinski definition) is 4. The normalized spacial score (nSPS) is 24.9. The van der Waals surface area contributed by atoms with Crippen molar-refractivity contribution >= 4 is 52.9 Å². The van der Waals surface area contributed by atoms with Crippen molar-refractivity contribution in [1.29, 1.82) is 0 Å². The van der Waals surface area contributed by atoms with Crippen molar-refractivity contribution in [3.8, 4) is 10.6 Å². The summed E-state index contributed by atoms with van der Waals surface area (Å²) in [6, 6.07) is 5.61. The molecule has 2 aliphatic rings. The maximum atomic E-state index is 12.7. The number of benzene rings is 1. The number of likely N-dealkylation sites (tertiary alicyclic amines) is 1. The summed E-state index contributed by atoms with van der Waals surface area (Å²) in [4.78, 5) is 19.1. The van der Waals surface area contributed by atoms with Crippen LogP contribution in [-0.4, -0.2) is 34.9 Å². The van der Waals surface area contributed by atoms with Crippen LogP contribution in [0.25, 0.3) is 10.6 Å². The molecule has 2 fully saturated rings. The van der Waals surface area contributed by atoms with E-state index in [0.29, 0.717) is 27.6 Å². The molecule has 0 bridgehead atoms. The van der Waals surface area contributed by atoms with Gasteiger partial charge in [0.25, 0.3) is 5.91 Å².